The lowest BCUT2D eigenvalue weighted by atomic mass is 10.2. The van der Waals surface area contributed by atoms with E-state index in [0.29, 0.717) is 24.2 Å². The fourth-order valence-electron chi connectivity index (χ4n) is 3.31. The van der Waals surface area contributed by atoms with E-state index >= 15 is 0 Å². The molecule has 0 N–H and O–H groups in total. The molecule has 0 bridgehead atoms. The van der Waals surface area contributed by atoms with E-state index in [9.17, 15) is 4.79 Å². The smallest absolute Gasteiger partial charge is 0.277 e. The van der Waals surface area contributed by atoms with Crippen molar-refractivity contribution in [3.8, 4) is 5.75 Å². The summed E-state index contributed by atoms with van der Waals surface area (Å²) >= 11 is 7.33. The maximum Gasteiger partial charge on any atom is 0.277 e. The molecule has 0 radical (unpaired) electrons. The van der Waals surface area contributed by atoms with Crippen molar-refractivity contribution in [2.45, 2.75) is 18.8 Å². The largest absolute Gasteiger partial charge is 0.484 e. The minimum atomic E-state index is 0.0616. The summed E-state index contributed by atoms with van der Waals surface area (Å²) < 4.78 is 11.3. The Hall–Kier alpha value is -2.71. The molecule has 0 atom stereocenters. The number of piperazine rings is 1. The summed E-state index contributed by atoms with van der Waals surface area (Å²) in [6.45, 7) is 5.09. The van der Waals surface area contributed by atoms with Crippen LogP contribution in [0.15, 0.2) is 58.2 Å². The number of aryl methyl sites for hydroxylation is 1. The van der Waals surface area contributed by atoms with Crippen molar-refractivity contribution in [1.82, 2.24) is 15.1 Å². The maximum atomic E-state index is 12.6. The highest BCUT2D eigenvalue weighted by atomic mass is 35.5. The van der Waals surface area contributed by atoms with Gasteiger partial charge in [-0.3, -0.25) is 4.79 Å². The summed E-state index contributed by atoms with van der Waals surface area (Å²) in [5, 5.41) is 9.08. The van der Waals surface area contributed by atoms with Crippen molar-refractivity contribution in [3.63, 3.8) is 0 Å². The van der Waals surface area contributed by atoms with E-state index in [0.717, 1.165) is 35.1 Å². The van der Waals surface area contributed by atoms with Crippen LogP contribution >= 0.6 is 23.4 Å². The van der Waals surface area contributed by atoms with Crippen LogP contribution in [0.1, 0.15) is 11.5 Å². The van der Waals surface area contributed by atoms with Crippen LogP contribution < -0.4 is 9.64 Å². The van der Waals surface area contributed by atoms with E-state index in [1.54, 1.807) is 0 Å². The van der Waals surface area contributed by atoms with Crippen molar-refractivity contribution < 1.29 is 13.9 Å². The summed E-state index contributed by atoms with van der Waals surface area (Å²) in [5.74, 6) is 1.45. The molecule has 2 heterocycles. The first kappa shape index (κ1) is 21.5. The Morgan fingerprint density at radius 3 is 2.71 bits per heavy atom. The van der Waals surface area contributed by atoms with Gasteiger partial charge in [-0.1, -0.05) is 41.6 Å². The average Bonchev–Trinajstić information content (AvgIpc) is 3.24. The van der Waals surface area contributed by atoms with Gasteiger partial charge in [-0.2, -0.15) is 0 Å². The third kappa shape index (κ3) is 5.92. The number of ether oxygens (including phenoxy) is 1. The van der Waals surface area contributed by atoms with Crippen LogP contribution in [0.25, 0.3) is 0 Å². The third-order valence-electron chi connectivity index (χ3n) is 4.93. The molecule has 0 unspecified atom stereocenters. The van der Waals surface area contributed by atoms with Crippen molar-refractivity contribution in [2.75, 3.05) is 36.8 Å². The molecular formula is C22H23ClN4O3S. The first-order valence-corrected chi connectivity index (χ1v) is 11.4. The van der Waals surface area contributed by atoms with E-state index in [4.69, 9.17) is 20.8 Å². The van der Waals surface area contributed by atoms with E-state index < -0.39 is 0 Å². The van der Waals surface area contributed by atoms with E-state index in [2.05, 4.69) is 15.1 Å². The van der Waals surface area contributed by atoms with Gasteiger partial charge in [0.1, 0.15) is 5.75 Å². The first-order valence-electron chi connectivity index (χ1n) is 10.00. The van der Waals surface area contributed by atoms with Gasteiger partial charge in [-0.15, -0.1) is 10.2 Å². The van der Waals surface area contributed by atoms with Crippen molar-refractivity contribution in [2.24, 2.45) is 0 Å². The van der Waals surface area contributed by atoms with Gasteiger partial charge in [0.15, 0.2) is 6.61 Å². The Balaban J connectivity index is 1.21. The van der Waals surface area contributed by atoms with Crippen LogP contribution in [-0.2, 0) is 11.4 Å². The molecule has 1 aliphatic heterocycles. The highest BCUT2D eigenvalue weighted by Gasteiger charge is 2.22. The first-order chi connectivity index (χ1) is 15.1. The number of nitrogens with zero attached hydrogens (tertiary/aromatic N) is 4. The minimum absolute atomic E-state index is 0.0616. The van der Waals surface area contributed by atoms with Crippen molar-refractivity contribution in [1.29, 1.82) is 0 Å². The number of hydrogen-bond donors (Lipinski definition) is 0. The maximum absolute atomic E-state index is 12.6. The summed E-state index contributed by atoms with van der Waals surface area (Å²) in [5.41, 5.74) is 2.20. The van der Waals surface area contributed by atoms with Gasteiger partial charge in [0, 0.05) is 36.9 Å². The van der Waals surface area contributed by atoms with E-state index in [1.807, 2.05) is 60.4 Å². The lowest BCUT2D eigenvalue weighted by Crippen LogP contribution is -2.49. The molecule has 3 aromatic rings. The number of anilines is 1. The van der Waals surface area contributed by atoms with E-state index in [1.165, 1.54) is 11.8 Å². The molecule has 7 nitrogen and oxygen atoms in total. The van der Waals surface area contributed by atoms with Crippen molar-refractivity contribution >= 4 is 35.0 Å². The highest BCUT2D eigenvalue weighted by molar-refractivity contribution is 7.99. The van der Waals surface area contributed by atoms with Crippen LogP contribution in [-0.4, -0.2) is 52.9 Å². The quantitative estimate of drug-likeness (QED) is 0.494. The van der Waals surface area contributed by atoms with E-state index in [-0.39, 0.29) is 18.3 Å². The minimum Gasteiger partial charge on any atom is -0.484 e. The molecule has 9 heteroatoms. The number of thioether (sulfide) groups is 1. The predicted octanol–water partition coefficient (Wildman–Crippen LogP) is 4.05. The molecule has 1 fully saturated rings. The number of amides is 1. The topological polar surface area (TPSA) is 71.7 Å². The number of rotatable bonds is 7. The molecular weight excluding hydrogens is 436 g/mol. The normalized spacial score (nSPS) is 14.0. The summed E-state index contributed by atoms with van der Waals surface area (Å²) in [6, 6.07) is 15.5. The Morgan fingerprint density at radius 2 is 1.94 bits per heavy atom. The molecule has 31 heavy (non-hydrogen) atoms. The van der Waals surface area contributed by atoms with Gasteiger partial charge in [-0.05, 0) is 42.8 Å². The molecule has 4 rings (SSSR count). The molecule has 162 valence electrons. The van der Waals surface area contributed by atoms with Crippen LogP contribution in [0.2, 0.25) is 5.02 Å². The zero-order valence-corrected chi connectivity index (χ0v) is 18.7. The van der Waals surface area contributed by atoms with Gasteiger partial charge < -0.3 is 19.0 Å². The Labute approximate surface area is 190 Å². The summed E-state index contributed by atoms with van der Waals surface area (Å²) in [7, 11) is 0. The average molecular weight is 459 g/mol. The fourth-order valence-corrected chi connectivity index (χ4v) is 4.17. The number of aromatic nitrogens is 2. The van der Waals surface area contributed by atoms with Crippen LogP contribution in [0.4, 0.5) is 5.69 Å². The second kappa shape index (κ2) is 10.1. The molecule has 1 saturated heterocycles. The Kier molecular flexibility index (Phi) is 6.99. The second-order valence-electron chi connectivity index (χ2n) is 7.20. The zero-order valence-electron chi connectivity index (χ0n) is 17.2. The zero-order chi connectivity index (χ0) is 21.6. The number of halogens is 1. The molecule has 1 aromatic heterocycles. The third-order valence-corrected chi connectivity index (χ3v) is 5.96. The van der Waals surface area contributed by atoms with Gasteiger partial charge in [0.25, 0.3) is 11.1 Å². The van der Waals surface area contributed by atoms with Gasteiger partial charge in [-0.25, -0.2) is 0 Å². The van der Waals surface area contributed by atoms with Crippen LogP contribution in [0.3, 0.4) is 0 Å². The highest BCUT2D eigenvalue weighted by Crippen LogP contribution is 2.22. The number of carbonyl (C=O) groups is 1. The monoisotopic (exact) mass is 458 g/mol. The van der Waals surface area contributed by atoms with Gasteiger partial charge in [0.2, 0.25) is 5.91 Å². The summed E-state index contributed by atoms with van der Waals surface area (Å²) in [4.78, 5) is 16.7. The van der Waals surface area contributed by atoms with Gasteiger partial charge >= 0.3 is 0 Å². The Morgan fingerprint density at radius 1 is 1.13 bits per heavy atom. The van der Waals surface area contributed by atoms with Crippen LogP contribution in [0, 0.1) is 6.92 Å². The van der Waals surface area contributed by atoms with Gasteiger partial charge in [0.05, 0.1) is 5.75 Å². The predicted molar refractivity (Wildman–Crippen MR) is 121 cm³/mol. The Bertz CT molecular complexity index is 1040. The molecule has 0 saturated carbocycles. The molecule has 2 aromatic carbocycles. The lowest BCUT2D eigenvalue weighted by molar-refractivity contribution is -0.128. The SMILES string of the molecule is Cc1cccc(OCc2nnc(SCC(=O)N3CCN(c4cccc(Cl)c4)CC3)o2)c1. The standard InChI is InChI=1S/C22H23ClN4O3S/c1-16-4-2-7-19(12-16)29-14-20-24-25-22(30-20)31-15-21(28)27-10-8-26(9-11-27)18-6-3-5-17(23)13-18/h2-7,12-13H,8-11,14-15H2,1H3. The molecule has 1 amide bonds. The summed E-state index contributed by atoms with van der Waals surface area (Å²) in [6.07, 6.45) is 0. The second-order valence-corrected chi connectivity index (χ2v) is 8.57. The number of carbonyl (C=O) groups excluding carboxylic acids is 1. The fraction of sp³-hybridized carbons (Fsp3) is 0.318. The number of benzene rings is 2. The molecule has 0 spiro atoms. The molecule has 0 aliphatic carbocycles. The lowest BCUT2D eigenvalue weighted by Gasteiger charge is -2.36. The van der Waals surface area contributed by atoms with Crippen LogP contribution in [0.5, 0.6) is 5.75 Å². The molecule has 1 aliphatic rings. The van der Waals surface area contributed by atoms with Crippen molar-refractivity contribution in [3.05, 3.63) is 65.0 Å². The number of hydrogen-bond acceptors (Lipinski definition) is 7.